The summed E-state index contributed by atoms with van der Waals surface area (Å²) in [4.78, 5) is 10.7. The lowest BCUT2D eigenvalue weighted by Gasteiger charge is -2.13. The number of para-hydroxylation sites is 1. The number of benzene rings is 1. The van der Waals surface area contributed by atoms with E-state index < -0.39 is 5.82 Å². The van der Waals surface area contributed by atoms with Crippen LogP contribution in [0.25, 0.3) is 0 Å². The first-order valence-electron chi connectivity index (χ1n) is 5.55. The van der Waals surface area contributed by atoms with Crippen LogP contribution in [0.3, 0.4) is 0 Å². The molecule has 0 saturated carbocycles. The van der Waals surface area contributed by atoms with Crippen molar-refractivity contribution in [2.75, 3.05) is 6.61 Å². The standard InChI is InChI=1S/C13H17FO2/c1-3-5-10(2)9-16-13-11(8-15)6-4-7-12(13)14/h4,6-8,10H,3,5,9H2,1-2H3. The predicted molar refractivity (Wildman–Crippen MR) is 61.4 cm³/mol. The van der Waals surface area contributed by atoms with Gasteiger partial charge in [0, 0.05) is 0 Å². The lowest BCUT2D eigenvalue weighted by molar-refractivity contribution is 0.111. The van der Waals surface area contributed by atoms with Crippen LogP contribution in [0.15, 0.2) is 18.2 Å². The summed E-state index contributed by atoms with van der Waals surface area (Å²) >= 11 is 0. The van der Waals surface area contributed by atoms with Gasteiger partial charge in [-0.3, -0.25) is 4.79 Å². The Morgan fingerprint density at radius 1 is 1.50 bits per heavy atom. The smallest absolute Gasteiger partial charge is 0.165 e. The SMILES string of the molecule is CCCC(C)COc1c(F)cccc1C=O. The molecular weight excluding hydrogens is 207 g/mol. The molecule has 0 amide bonds. The molecule has 2 nitrogen and oxygen atoms in total. The van der Waals surface area contributed by atoms with Crippen LogP contribution in [-0.2, 0) is 0 Å². The van der Waals surface area contributed by atoms with Gasteiger partial charge in [0.15, 0.2) is 17.9 Å². The predicted octanol–water partition coefficient (Wildman–Crippen LogP) is 3.45. The molecule has 0 aliphatic rings. The Hall–Kier alpha value is -1.38. The third-order valence-electron chi connectivity index (χ3n) is 2.42. The molecule has 3 heteroatoms. The van der Waals surface area contributed by atoms with E-state index in [0.717, 1.165) is 12.8 Å². The van der Waals surface area contributed by atoms with E-state index in [1.165, 1.54) is 12.1 Å². The van der Waals surface area contributed by atoms with E-state index in [2.05, 4.69) is 6.92 Å². The Labute approximate surface area is 95.4 Å². The van der Waals surface area contributed by atoms with Gasteiger partial charge in [-0.2, -0.15) is 0 Å². The molecular formula is C13H17FO2. The molecule has 0 aromatic heterocycles. The quantitative estimate of drug-likeness (QED) is 0.692. The number of aldehydes is 1. The van der Waals surface area contributed by atoms with Crippen LogP contribution in [0.1, 0.15) is 37.0 Å². The third-order valence-corrected chi connectivity index (χ3v) is 2.42. The van der Waals surface area contributed by atoms with Gasteiger partial charge in [0.05, 0.1) is 12.2 Å². The molecule has 0 aliphatic carbocycles. The highest BCUT2D eigenvalue weighted by Gasteiger charge is 2.10. The van der Waals surface area contributed by atoms with Crippen molar-refractivity contribution in [2.45, 2.75) is 26.7 Å². The summed E-state index contributed by atoms with van der Waals surface area (Å²) in [5, 5.41) is 0. The van der Waals surface area contributed by atoms with Crippen LogP contribution in [0.5, 0.6) is 5.75 Å². The van der Waals surface area contributed by atoms with Crippen molar-refractivity contribution in [3.8, 4) is 5.75 Å². The first kappa shape index (κ1) is 12.7. The van der Waals surface area contributed by atoms with Crippen molar-refractivity contribution in [1.29, 1.82) is 0 Å². The van der Waals surface area contributed by atoms with E-state index >= 15 is 0 Å². The number of halogens is 1. The molecule has 1 aromatic carbocycles. The minimum atomic E-state index is -0.478. The monoisotopic (exact) mass is 224 g/mol. The minimum absolute atomic E-state index is 0.0699. The fourth-order valence-electron chi connectivity index (χ4n) is 1.57. The lowest BCUT2D eigenvalue weighted by atomic mass is 10.1. The minimum Gasteiger partial charge on any atom is -0.489 e. The van der Waals surface area contributed by atoms with Crippen molar-refractivity contribution >= 4 is 6.29 Å². The third kappa shape index (κ3) is 3.33. The summed E-state index contributed by atoms with van der Waals surface area (Å²) in [7, 11) is 0. The summed E-state index contributed by atoms with van der Waals surface area (Å²) < 4.78 is 18.8. The maximum absolute atomic E-state index is 13.4. The lowest BCUT2D eigenvalue weighted by Crippen LogP contribution is -2.10. The fourth-order valence-corrected chi connectivity index (χ4v) is 1.57. The molecule has 0 spiro atoms. The summed E-state index contributed by atoms with van der Waals surface area (Å²) in [5.41, 5.74) is 0.267. The van der Waals surface area contributed by atoms with E-state index in [9.17, 15) is 9.18 Å². The molecule has 0 bridgehead atoms. The molecule has 1 aromatic rings. The molecule has 0 fully saturated rings. The van der Waals surface area contributed by atoms with Gasteiger partial charge in [0.25, 0.3) is 0 Å². The van der Waals surface area contributed by atoms with Gasteiger partial charge in [-0.1, -0.05) is 26.3 Å². The van der Waals surface area contributed by atoms with Gasteiger partial charge < -0.3 is 4.74 Å². The first-order valence-corrected chi connectivity index (χ1v) is 5.55. The number of hydrogen-bond donors (Lipinski definition) is 0. The van der Waals surface area contributed by atoms with E-state index in [1.54, 1.807) is 6.07 Å². The van der Waals surface area contributed by atoms with Crippen LogP contribution in [0, 0.1) is 11.7 Å². The zero-order chi connectivity index (χ0) is 12.0. The van der Waals surface area contributed by atoms with Crippen molar-refractivity contribution in [3.63, 3.8) is 0 Å². The topological polar surface area (TPSA) is 26.3 Å². The van der Waals surface area contributed by atoms with E-state index in [0.29, 0.717) is 18.8 Å². The van der Waals surface area contributed by atoms with Crippen molar-refractivity contribution in [2.24, 2.45) is 5.92 Å². The highest BCUT2D eigenvalue weighted by atomic mass is 19.1. The Bertz CT molecular complexity index is 350. The van der Waals surface area contributed by atoms with Crippen molar-refractivity contribution in [1.82, 2.24) is 0 Å². The number of carbonyl (C=O) groups excluding carboxylic acids is 1. The van der Waals surface area contributed by atoms with Crippen LogP contribution in [-0.4, -0.2) is 12.9 Å². The van der Waals surface area contributed by atoms with Gasteiger partial charge in [-0.05, 0) is 24.5 Å². The molecule has 1 rings (SSSR count). The Balaban J connectivity index is 2.69. The number of hydrogen-bond acceptors (Lipinski definition) is 2. The molecule has 88 valence electrons. The van der Waals surface area contributed by atoms with E-state index in [-0.39, 0.29) is 11.3 Å². The molecule has 0 heterocycles. The largest absolute Gasteiger partial charge is 0.489 e. The van der Waals surface area contributed by atoms with E-state index in [1.807, 2.05) is 6.92 Å². The maximum atomic E-state index is 13.4. The van der Waals surface area contributed by atoms with Gasteiger partial charge in [0.1, 0.15) is 0 Å². The number of rotatable bonds is 6. The highest BCUT2D eigenvalue weighted by Crippen LogP contribution is 2.22. The molecule has 0 saturated heterocycles. The Morgan fingerprint density at radius 3 is 2.88 bits per heavy atom. The maximum Gasteiger partial charge on any atom is 0.165 e. The van der Waals surface area contributed by atoms with Crippen LogP contribution < -0.4 is 4.74 Å². The normalized spacial score (nSPS) is 12.2. The van der Waals surface area contributed by atoms with Crippen LogP contribution in [0.2, 0.25) is 0 Å². The molecule has 1 unspecified atom stereocenters. The molecule has 0 aliphatic heterocycles. The van der Waals surface area contributed by atoms with Gasteiger partial charge in [0.2, 0.25) is 0 Å². The highest BCUT2D eigenvalue weighted by molar-refractivity contribution is 5.79. The molecule has 0 N–H and O–H groups in total. The number of carbonyl (C=O) groups is 1. The summed E-state index contributed by atoms with van der Waals surface area (Å²) in [6.45, 7) is 4.58. The second kappa shape index (κ2) is 6.26. The van der Waals surface area contributed by atoms with Crippen LogP contribution in [0.4, 0.5) is 4.39 Å². The van der Waals surface area contributed by atoms with Gasteiger partial charge in [-0.15, -0.1) is 0 Å². The van der Waals surface area contributed by atoms with Crippen molar-refractivity contribution < 1.29 is 13.9 Å². The summed E-state index contributed by atoms with van der Waals surface area (Å²) in [6.07, 6.45) is 2.72. The summed E-state index contributed by atoms with van der Waals surface area (Å²) in [6, 6.07) is 4.35. The second-order valence-electron chi connectivity index (χ2n) is 3.98. The Kier molecular flexibility index (Phi) is 4.96. The van der Waals surface area contributed by atoms with Crippen LogP contribution >= 0.6 is 0 Å². The molecule has 16 heavy (non-hydrogen) atoms. The molecule has 0 radical (unpaired) electrons. The zero-order valence-electron chi connectivity index (χ0n) is 9.70. The van der Waals surface area contributed by atoms with Crippen molar-refractivity contribution in [3.05, 3.63) is 29.6 Å². The van der Waals surface area contributed by atoms with E-state index in [4.69, 9.17) is 4.74 Å². The average Bonchev–Trinajstić information content (AvgIpc) is 2.27. The summed E-state index contributed by atoms with van der Waals surface area (Å²) in [5.74, 6) is -0.0436. The zero-order valence-corrected chi connectivity index (χ0v) is 9.70. The fraction of sp³-hybridized carbons (Fsp3) is 0.462. The number of ether oxygens (including phenoxy) is 1. The average molecular weight is 224 g/mol. The molecule has 1 atom stereocenters. The Morgan fingerprint density at radius 2 is 2.25 bits per heavy atom. The first-order chi connectivity index (χ1) is 7.69. The van der Waals surface area contributed by atoms with Gasteiger partial charge >= 0.3 is 0 Å². The second-order valence-corrected chi connectivity index (χ2v) is 3.98. The van der Waals surface area contributed by atoms with Gasteiger partial charge in [-0.25, -0.2) is 4.39 Å².